The minimum absolute atomic E-state index is 0.237. The molecule has 3 aromatic rings. The van der Waals surface area contributed by atoms with Crippen molar-refractivity contribution in [1.29, 1.82) is 0 Å². The third-order valence-corrected chi connectivity index (χ3v) is 4.88. The van der Waals surface area contributed by atoms with Gasteiger partial charge in [0.05, 0.1) is 0 Å². The number of nitrogens with one attached hydrogen (secondary N) is 1. The predicted octanol–water partition coefficient (Wildman–Crippen LogP) is 3.69. The molecule has 0 unspecified atom stereocenters. The van der Waals surface area contributed by atoms with E-state index < -0.39 is 0 Å². The summed E-state index contributed by atoms with van der Waals surface area (Å²) < 4.78 is 13.3. The van der Waals surface area contributed by atoms with Crippen molar-refractivity contribution < 1.29 is 9.18 Å². The maximum Gasteiger partial charge on any atom is 0.272 e. The Balaban J connectivity index is 1.61. The minimum atomic E-state index is -0.321. The van der Waals surface area contributed by atoms with Crippen molar-refractivity contribution in [2.24, 2.45) is 0 Å². The molecule has 2 aromatic carbocycles. The molecule has 1 saturated heterocycles. The second-order valence-corrected chi connectivity index (χ2v) is 6.78. The lowest BCUT2D eigenvalue weighted by atomic mass is 10.1. The van der Waals surface area contributed by atoms with Crippen LogP contribution in [0.3, 0.4) is 0 Å². The van der Waals surface area contributed by atoms with Gasteiger partial charge in [-0.2, -0.15) is 0 Å². The van der Waals surface area contributed by atoms with Crippen LogP contribution >= 0.6 is 0 Å². The standard InChI is InChI=1S/C21H21FN4O/c22-16-8-6-7-15(13-16)14-23-21(27)19-17-9-2-3-10-18(17)20(25-24-19)26-11-4-1-5-12-26/h2-3,6-10,13H,1,4-5,11-12,14H2,(H,23,27). The monoisotopic (exact) mass is 364 g/mol. The lowest BCUT2D eigenvalue weighted by molar-refractivity contribution is 0.0946. The van der Waals surface area contributed by atoms with Crippen molar-refractivity contribution >= 4 is 22.5 Å². The summed E-state index contributed by atoms with van der Waals surface area (Å²) in [5, 5.41) is 13.1. The SMILES string of the molecule is O=C(NCc1cccc(F)c1)c1nnc(N2CCCCC2)c2ccccc12. The maximum absolute atomic E-state index is 13.3. The highest BCUT2D eigenvalue weighted by atomic mass is 19.1. The molecule has 138 valence electrons. The lowest BCUT2D eigenvalue weighted by Crippen LogP contribution is -2.31. The van der Waals surface area contributed by atoms with E-state index >= 15 is 0 Å². The van der Waals surface area contributed by atoms with Crippen LogP contribution in [0.2, 0.25) is 0 Å². The Hall–Kier alpha value is -3.02. The molecule has 6 heteroatoms. The fraction of sp³-hybridized carbons (Fsp3) is 0.286. The Labute approximate surface area is 157 Å². The largest absolute Gasteiger partial charge is 0.355 e. The highest BCUT2D eigenvalue weighted by Gasteiger charge is 2.20. The van der Waals surface area contributed by atoms with Crippen LogP contribution in [-0.4, -0.2) is 29.2 Å². The normalized spacial score (nSPS) is 14.3. The molecule has 0 aliphatic carbocycles. The van der Waals surface area contributed by atoms with Gasteiger partial charge in [-0.1, -0.05) is 36.4 Å². The molecule has 1 aliphatic rings. The molecular formula is C21H21FN4O. The van der Waals surface area contributed by atoms with E-state index in [-0.39, 0.29) is 18.3 Å². The van der Waals surface area contributed by atoms with E-state index in [0.29, 0.717) is 11.3 Å². The average Bonchev–Trinajstić information content (AvgIpc) is 2.72. The Morgan fingerprint density at radius 3 is 2.56 bits per heavy atom. The Bertz CT molecular complexity index is 969. The molecule has 0 bridgehead atoms. The molecule has 1 aromatic heterocycles. The number of anilines is 1. The summed E-state index contributed by atoms with van der Waals surface area (Å²) in [4.78, 5) is 14.9. The van der Waals surface area contributed by atoms with Gasteiger partial charge in [0.2, 0.25) is 0 Å². The minimum Gasteiger partial charge on any atom is -0.355 e. The van der Waals surface area contributed by atoms with Crippen LogP contribution in [0.4, 0.5) is 10.2 Å². The third kappa shape index (κ3) is 3.74. The molecule has 5 nitrogen and oxygen atoms in total. The van der Waals surface area contributed by atoms with Gasteiger partial charge in [-0.3, -0.25) is 4.79 Å². The highest BCUT2D eigenvalue weighted by molar-refractivity contribution is 6.07. The summed E-state index contributed by atoms with van der Waals surface area (Å²) in [6.45, 7) is 2.16. The second-order valence-electron chi connectivity index (χ2n) is 6.78. The van der Waals surface area contributed by atoms with Crippen molar-refractivity contribution in [2.75, 3.05) is 18.0 Å². The first-order chi connectivity index (χ1) is 13.2. The zero-order valence-corrected chi connectivity index (χ0v) is 15.0. The van der Waals surface area contributed by atoms with Crippen molar-refractivity contribution in [3.05, 3.63) is 65.6 Å². The zero-order valence-electron chi connectivity index (χ0n) is 15.0. The molecular weight excluding hydrogens is 343 g/mol. The molecule has 2 heterocycles. The second kappa shape index (κ2) is 7.70. The van der Waals surface area contributed by atoms with E-state index in [1.165, 1.54) is 18.6 Å². The summed E-state index contributed by atoms with van der Waals surface area (Å²) in [6, 6.07) is 13.9. The number of hydrogen-bond acceptors (Lipinski definition) is 4. The van der Waals surface area contributed by atoms with Gasteiger partial charge >= 0.3 is 0 Å². The van der Waals surface area contributed by atoms with Gasteiger partial charge < -0.3 is 10.2 Å². The van der Waals surface area contributed by atoms with E-state index in [1.54, 1.807) is 12.1 Å². The smallest absolute Gasteiger partial charge is 0.272 e. The van der Waals surface area contributed by atoms with E-state index in [1.807, 2.05) is 24.3 Å². The fourth-order valence-corrected chi connectivity index (χ4v) is 3.51. The molecule has 1 aliphatic heterocycles. The number of aromatic nitrogens is 2. The number of nitrogens with zero attached hydrogens (tertiary/aromatic N) is 3. The van der Waals surface area contributed by atoms with Crippen LogP contribution in [0.25, 0.3) is 10.8 Å². The number of benzene rings is 2. The van der Waals surface area contributed by atoms with Crippen LogP contribution < -0.4 is 10.2 Å². The first-order valence-corrected chi connectivity index (χ1v) is 9.25. The summed E-state index contributed by atoms with van der Waals surface area (Å²) in [5.41, 5.74) is 0.994. The van der Waals surface area contributed by atoms with E-state index in [0.717, 1.165) is 42.5 Å². The van der Waals surface area contributed by atoms with E-state index in [2.05, 4.69) is 20.4 Å². The van der Waals surface area contributed by atoms with Crippen molar-refractivity contribution in [3.63, 3.8) is 0 Å². The molecule has 0 spiro atoms. The number of rotatable bonds is 4. The van der Waals surface area contributed by atoms with Crippen molar-refractivity contribution in [3.8, 4) is 0 Å². The number of fused-ring (bicyclic) bond motifs is 1. The van der Waals surface area contributed by atoms with Gasteiger partial charge in [0, 0.05) is 30.4 Å². The van der Waals surface area contributed by atoms with Crippen LogP contribution in [0.1, 0.15) is 35.3 Å². The third-order valence-electron chi connectivity index (χ3n) is 4.88. The Morgan fingerprint density at radius 2 is 1.78 bits per heavy atom. The maximum atomic E-state index is 13.3. The molecule has 1 amide bonds. The number of carbonyl (C=O) groups is 1. The molecule has 1 fully saturated rings. The van der Waals surface area contributed by atoms with Gasteiger partial charge in [0.15, 0.2) is 11.5 Å². The molecule has 0 saturated carbocycles. The number of hydrogen-bond donors (Lipinski definition) is 1. The number of halogens is 1. The van der Waals surface area contributed by atoms with Crippen LogP contribution in [0.15, 0.2) is 48.5 Å². The summed E-state index contributed by atoms with van der Waals surface area (Å²) in [6.07, 6.45) is 3.53. The van der Waals surface area contributed by atoms with Gasteiger partial charge in [0.25, 0.3) is 5.91 Å². The zero-order chi connectivity index (χ0) is 18.6. The van der Waals surface area contributed by atoms with Crippen molar-refractivity contribution in [2.45, 2.75) is 25.8 Å². The lowest BCUT2D eigenvalue weighted by Gasteiger charge is -2.28. The molecule has 1 N–H and O–H groups in total. The Kier molecular flexibility index (Phi) is 4.96. The number of carbonyl (C=O) groups excluding carboxylic acids is 1. The van der Waals surface area contributed by atoms with Crippen molar-refractivity contribution in [1.82, 2.24) is 15.5 Å². The van der Waals surface area contributed by atoms with Crippen LogP contribution in [0.5, 0.6) is 0 Å². The number of piperidine rings is 1. The summed E-state index contributed by atoms with van der Waals surface area (Å²) >= 11 is 0. The van der Waals surface area contributed by atoms with Gasteiger partial charge in [0.1, 0.15) is 5.82 Å². The molecule has 0 atom stereocenters. The van der Waals surface area contributed by atoms with Gasteiger partial charge in [-0.25, -0.2) is 4.39 Å². The van der Waals surface area contributed by atoms with Crippen LogP contribution in [0, 0.1) is 5.82 Å². The highest BCUT2D eigenvalue weighted by Crippen LogP contribution is 2.27. The topological polar surface area (TPSA) is 58.1 Å². The fourth-order valence-electron chi connectivity index (χ4n) is 3.51. The molecule has 4 rings (SSSR count). The quantitative estimate of drug-likeness (QED) is 0.767. The average molecular weight is 364 g/mol. The van der Waals surface area contributed by atoms with E-state index in [4.69, 9.17) is 0 Å². The summed E-state index contributed by atoms with van der Waals surface area (Å²) in [5.74, 6) is 0.206. The molecule has 27 heavy (non-hydrogen) atoms. The predicted molar refractivity (Wildman–Crippen MR) is 103 cm³/mol. The van der Waals surface area contributed by atoms with E-state index in [9.17, 15) is 9.18 Å². The van der Waals surface area contributed by atoms with Crippen LogP contribution in [-0.2, 0) is 6.54 Å². The molecule has 0 radical (unpaired) electrons. The first kappa shape index (κ1) is 17.4. The first-order valence-electron chi connectivity index (χ1n) is 9.25. The Morgan fingerprint density at radius 1 is 1.00 bits per heavy atom. The summed E-state index contributed by atoms with van der Waals surface area (Å²) in [7, 11) is 0. The number of amides is 1. The van der Waals surface area contributed by atoms with Gasteiger partial charge in [-0.05, 0) is 37.0 Å². The van der Waals surface area contributed by atoms with Gasteiger partial charge in [-0.15, -0.1) is 10.2 Å².